The first-order chi connectivity index (χ1) is 34.0. The van der Waals surface area contributed by atoms with E-state index in [-0.39, 0.29) is 0 Å². The van der Waals surface area contributed by atoms with Crippen LogP contribution in [0.15, 0.2) is 168 Å². The van der Waals surface area contributed by atoms with Crippen LogP contribution >= 0.6 is 0 Å². The van der Waals surface area contributed by atoms with Crippen LogP contribution in [0.25, 0.3) is 99.3 Å². The number of aromatic amines is 1. The van der Waals surface area contributed by atoms with Crippen LogP contribution in [0.1, 0.15) is 0 Å². The fraction of sp³-hybridized carbons (Fsp3) is 0. The van der Waals surface area contributed by atoms with Crippen LogP contribution in [0.4, 0.5) is 17.1 Å². The minimum Gasteiger partial charge on any atom is -0.436 e. The molecule has 4 nitrogen and oxygen atoms in total. The highest BCUT2D eigenvalue weighted by Crippen LogP contribution is 2.46. The van der Waals surface area contributed by atoms with E-state index in [1.54, 1.807) is 0 Å². The molecule has 0 fully saturated rings. The van der Waals surface area contributed by atoms with Gasteiger partial charge in [-0.2, -0.15) is 0 Å². The Morgan fingerprint density at radius 1 is 0.400 bits per heavy atom. The largest absolute Gasteiger partial charge is 0.436 e. The van der Waals surface area contributed by atoms with E-state index in [0.29, 0.717) is 5.89 Å². The van der Waals surface area contributed by atoms with Crippen molar-refractivity contribution in [2.75, 3.05) is 4.90 Å². The van der Waals surface area contributed by atoms with Gasteiger partial charge in [0.1, 0.15) is 76.1 Å². The van der Waals surface area contributed by atoms with Crippen LogP contribution < -0.4 is 54.1 Å². The quantitative estimate of drug-likeness (QED) is 0.234. The van der Waals surface area contributed by atoms with Crippen LogP contribution in [0.5, 0.6) is 0 Å². The molecule has 2 aromatic heterocycles. The molecule has 0 spiro atoms. The fourth-order valence-electron chi connectivity index (χ4n) is 11.6. The summed E-state index contributed by atoms with van der Waals surface area (Å²) in [6, 6.07) is 59.0. The van der Waals surface area contributed by atoms with E-state index < -0.39 is 0 Å². The minimum atomic E-state index is 0.622. The van der Waals surface area contributed by atoms with Crippen molar-refractivity contribution in [2.45, 2.75) is 0 Å². The van der Waals surface area contributed by atoms with Gasteiger partial charge in [-0.15, -0.1) is 16.4 Å². The zero-order chi connectivity index (χ0) is 48.1. The number of nitrogens with one attached hydrogen (secondary N) is 1. The Labute approximate surface area is 417 Å². The highest BCUT2D eigenvalue weighted by Gasteiger charge is 2.26. The van der Waals surface area contributed by atoms with Crippen molar-refractivity contribution >= 4 is 191 Å². The Balaban J connectivity index is 1.07. The molecule has 0 bridgehead atoms. The maximum Gasteiger partial charge on any atom is 0.227 e. The molecule has 70 heavy (non-hydrogen) atoms. The highest BCUT2D eigenvalue weighted by molar-refractivity contribution is 6.71. The summed E-state index contributed by atoms with van der Waals surface area (Å²) in [4.78, 5) is 11.4. The van der Waals surface area contributed by atoms with Gasteiger partial charge in [-0.25, -0.2) is 4.98 Å². The van der Waals surface area contributed by atoms with Crippen molar-refractivity contribution in [3.63, 3.8) is 0 Å². The SMILES string of the molecule is Bc1c(B)c(B)c(-c2c(B)c(B)c(N(c3ccccc3)c3ccc(-c4c(-c5ccc(-c6nc7ccccc7o6)c6ccccc56)ccc5c4[nH]c4ccc6ccccc6c45)cc3)c(B)c2B)c(B)c1B. The Kier molecular flexibility index (Phi) is 10.5. The lowest BCUT2D eigenvalue weighted by molar-refractivity contribution is 0.620. The third-order valence-electron chi connectivity index (χ3n) is 15.9. The number of hydrogen-bond donors (Lipinski definition) is 1. The zero-order valence-electron chi connectivity index (χ0n) is 41.4. The Morgan fingerprint density at radius 2 is 0.943 bits per heavy atom. The molecule has 12 aromatic rings. The smallest absolute Gasteiger partial charge is 0.227 e. The van der Waals surface area contributed by atoms with Crippen molar-refractivity contribution in [3.05, 3.63) is 164 Å². The molecule has 13 heteroatoms. The number of anilines is 3. The van der Waals surface area contributed by atoms with Crippen LogP contribution in [-0.4, -0.2) is 80.6 Å². The van der Waals surface area contributed by atoms with E-state index in [1.807, 2.05) is 24.3 Å². The number of para-hydroxylation sites is 3. The van der Waals surface area contributed by atoms with Gasteiger partial charge in [-0.3, -0.25) is 0 Å². The first kappa shape index (κ1) is 43.6. The number of nitrogens with zero attached hydrogens (tertiary/aromatic N) is 2. The molecule has 0 aliphatic heterocycles. The molecule has 10 aromatic carbocycles. The summed E-state index contributed by atoms with van der Waals surface area (Å²) in [7, 11) is 20.7. The van der Waals surface area contributed by atoms with Gasteiger partial charge in [0, 0.05) is 44.5 Å². The number of aromatic nitrogens is 2. The molecule has 0 saturated heterocycles. The first-order valence-corrected chi connectivity index (χ1v) is 24.5. The molecule has 0 unspecified atom stereocenters. The summed E-state index contributed by atoms with van der Waals surface area (Å²) < 4.78 is 6.38. The van der Waals surface area contributed by atoms with Crippen LogP contribution in [0, 0.1) is 0 Å². The molecule has 12 rings (SSSR count). The summed E-state index contributed by atoms with van der Waals surface area (Å²) in [6.07, 6.45) is 0. The van der Waals surface area contributed by atoms with Crippen molar-refractivity contribution in [1.82, 2.24) is 9.97 Å². The molecule has 1 N–H and O–H groups in total. The molecule has 0 amide bonds. The van der Waals surface area contributed by atoms with Gasteiger partial charge in [0.2, 0.25) is 5.89 Å². The average molecular weight is 886 g/mol. The third-order valence-corrected chi connectivity index (χ3v) is 15.9. The van der Waals surface area contributed by atoms with Crippen molar-refractivity contribution in [1.29, 1.82) is 0 Å². The predicted octanol–water partition coefficient (Wildman–Crippen LogP) is 0.232. The van der Waals surface area contributed by atoms with Gasteiger partial charge in [-0.1, -0.05) is 148 Å². The Hall–Kier alpha value is -7.63. The lowest BCUT2D eigenvalue weighted by Gasteiger charge is -2.33. The van der Waals surface area contributed by atoms with E-state index in [9.17, 15) is 0 Å². The molecule has 322 valence electrons. The molecular formula is C57H46B9N3O. The highest BCUT2D eigenvalue weighted by atomic mass is 16.3. The molecule has 2 heterocycles. The number of H-pyrrole nitrogens is 1. The second-order valence-corrected chi connectivity index (χ2v) is 19.4. The Bertz CT molecular complexity index is 4040. The average Bonchev–Trinajstić information content (AvgIpc) is 4.01. The molecule has 0 aliphatic carbocycles. The maximum atomic E-state index is 6.38. The summed E-state index contributed by atoms with van der Waals surface area (Å²) in [5, 5.41) is 7.14. The second-order valence-electron chi connectivity index (χ2n) is 19.4. The number of fused-ring (bicyclic) bond motifs is 7. The number of rotatable bonds is 7. The summed E-state index contributed by atoms with van der Waals surface area (Å²) in [5.74, 6) is 0.622. The van der Waals surface area contributed by atoms with Gasteiger partial charge in [0.25, 0.3) is 0 Å². The van der Waals surface area contributed by atoms with Crippen molar-refractivity contribution in [2.24, 2.45) is 0 Å². The second kappa shape index (κ2) is 16.8. The summed E-state index contributed by atoms with van der Waals surface area (Å²) >= 11 is 0. The topological polar surface area (TPSA) is 45.1 Å². The molecule has 0 saturated carbocycles. The van der Waals surface area contributed by atoms with E-state index in [2.05, 4.69) is 220 Å². The lowest BCUT2D eigenvalue weighted by Crippen LogP contribution is -2.57. The maximum absolute atomic E-state index is 6.38. The van der Waals surface area contributed by atoms with Crippen LogP contribution in [0.3, 0.4) is 0 Å². The van der Waals surface area contributed by atoms with Gasteiger partial charge < -0.3 is 14.3 Å². The number of benzene rings is 10. The van der Waals surface area contributed by atoms with Crippen molar-refractivity contribution < 1.29 is 4.42 Å². The normalized spacial score (nSPS) is 11.7. The predicted molar refractivity (Wildman–Crippen MR) is 328 cm³/mol. The van der Waals surface area contributed by atoms with Gasteiger partial charge in [0.05, 0.1) is 5.52 Å². The fourth-order valence-corrected chi connectivity index (χ4v) is 11.6. The van der Waals surface area contributed by atoms with Crippen LogP contribution in [-0.2, 0) is 0 Å². The summed E-state index contributed by atoms with van der Waals surface area (Å²) in [5.41, 5.74) is 27.7. The molecule has 0 aliphatic rings. The molecule has 0 atom stereocenters. The number of oxazole rings is 1. The van der Waals surface area contributed by atoms with E-state index in [4.69, 9.17) is 9.40 Å². The van der Waals surface area contributed by atoms with E-state index in [1.165, 1.54) is 87.5 Å². The molecular weight excluding hydrogens is 840 g/mol. The lowest BCUT2D eigenvalue weighted by atomic mass is 9.56. The minimum absolute atomic E-state index is 0.622. The third kappa shape index (κ3) is 6.69. The first-order valence-electron chi connectivity index (χ1n) is 24.5. The van der Waals surface area contributed by atoms with Crippen molar-refractivity contribution in [3.8, 4) is 44.8 Å². The molecule has 0 radical (unpaired) electrons. The van der Waals surface area contributed by atoms with E-state index in [0.717, 1.165) is 72.1 Å². The zero-order valence-corrected chi connectivity index (χ0v) is 41.4. The monoisotopic (exact) mass is 887 g/mol. The van der Waals surface area contributed by atoms with Gasteiger partial charge in [0.15, 0.2) is 5.58 Å². The van der Waals surface area contributed by atoms with E-state index >= 15 is 0 Å². The van der Waals surface area contributed by atoms with Crippen LogP contribution in [0.2, 0.25) is 0 Å². The summed E-state index contributed by atoms with van der Waals surface area (Å²) in [6.45, 7) is 0. The van der Waals surface area contributed by atoms with Gasteiger partial charge >= 0.3 is 0 Å². The number of hydrogen-bond acceptors (Lipinski definition) is 3. The Morgan fingerprint density at radius 3 is 1.63 bits per heavy atom. The standard InChI is InChI=1S/C57H46B9N3O/c58-46-44(47(59)51(63)52(64)50(46)62)45-48(60)53(65)56(54(66)49(45)61)69(30-11-2-1-3-12-30)31-21-18-29(19-22-31)42-36(24-26-38-43-32-13-5-4-10-28(32)20-27-40(43)67-55(38)42)35-23-25-37(34-15-7-6-14-33(34)35)57-68-39-16-8-9-17-41(39)70-57/h1-27,67H,58-66H2. The van der Waals surface area contributed by atoms with Gasteiger partial charge in [-0.05, 0) is 97.9 Å².